The summed E-state index contributed by atoms with van der Waals surface area (Å²) in [6.45, 7) is 1.77. The monoisotopic (exact) mass is 230 g/mol. The number of carbonyl (C=O) groups is 2. The van der Waals surface area contributed by atoms with Gasteiger partial charge in [-0.2, -0.15) is 0 Å². The normalized spacial score (nSPS) is 9.80. The maximum Gasteiger partial charge on any atom is 0.339 e. The number of benzene rings is 1. The number of hydrogen-bond donors (Lipinski definition) is 0. The molecule has 1 aromatic carbocycles. The predicted octanol–water partition coefficient (Wildman–Crippen LogP) is 2.47. The van der Waals surface area contributed by atoms with Crippen molar-refractivity contribution in [3.8, 4) is 0 Å². The molecule has 0 N–H and O–H groups in total. The molecule has 1 aromatic rings. The van der Waals surface area contributed by atoms with Gasteiger partial charge in [0, 0.05) is 5.56 Å². The van der Waals surface area contributed by atoms with E-state index in [0.717, 1.165) is 12.1 Å². The molecule has 0 bridgehead atoms. The third-order valence-corrected chi connectivity index (χ3v) is 2.11. The maximum atomic E-state index is 13.0. The van der Waals surface area contributed by atoms with E-state index >= 15 is 0 Å². The minimum absolute atomic E-state index is 0.0697. The van der Waals surface area contributed by atoms with Crippen LogP contribution in [0.2, 0.25) is 5.02 Å². The first kappa shape index (κ1) is 11.7. The highest BCUT2D eigenvalue weighted by Crippen LogP contribution is 2.22. The lowest BCUT2D eigenvalue weighted by Crippen LogP contribution is -2.07. The number of halogens is 2. The minimum atomic E-state index is -0.745. The summed E-state index contributed by atoms with van der Waals surface area (Å²) in [6, 6.07) is 1.89. The van der Waals surface area contributed by atoms with Gasteiger partial charge in [-0.25, -0.2) is 9.18 Å². The Morgan fingerprint density at radius 3 is 2.80 bits per heavy atom. The highest BCUT2D eigenvalue weighted by atomic mass is 35.5. The van der Waals surface area contributed by atoms with Crippen LogP contribution in [0.4, 0.5) is 4.39 Å². The van der Waals surface area contributed by atoms with Gasteiger partial charge in [0.2, 0.25) is 0 Å². The molecule has 0 aliphatic carbocycles. The van der Waals surface area contributed by atoms with Gasteiger partial charge in [-0.1, -0.05) is 11.6 Å². The standard InChI is InChI=1S/C10H8ClFO3/c1-2-15-10(14)8-4-7(12)3-6(5-13)9(8)11/h3-5H,2H2,1H3. The largest absolute Gasteiger partial charge is 0.462 e. The van der Waals surface area contributed by atoms with E-state index in [2.05, 4.69) is 4.74 Å². The highest BCUT2D eigenvalue weighted by molar-refractivity contribution is 6.35. The minimum Gasteiger partial charge on any atom is -0.462 e. The zero-order chi connectivity index (χ0) is 11.4. The van der Waals surface area contributed by atoms with Crippen LogP contribution in [-0.4, -0.2) is 18.9 Å². The molecule has 0 amide bonds. The molecule has 0 heterocycles. The smallest absolute Gasteiger partial charge is 0.339 e. The van der Waals surface area contributed by atoms with Crippen molar-refractivity contribution in [1.29, 1.82) is 0 Å². The van der Waals surface area contributed by atoms with Crippen LogP contribution >= 0.6 is 11.6 Å². The molecule has 80 valence electrons. The SMILES string of the molecule is CCOC(=O)c1cc(F)cc(C=O)c1Cl. The summed E-state index contributed by atoms with van der Waals surface area (Å²) in [4.78, 5) is 21.8. The molecule has 5 heteroatoms. The van der Waals surface area contributed by atoms with Gasteiger partial charge in [0.05, 0.1) is 17.2 Å². The zero-order valence-electron chi connectivity index (χ0n) is 7.92. The van der Waals surface area contributed by atoms with Crippen molar-refractivity contribution in [2.24, 2.45) is 0 Å². The average molecular weight is 231 g/mol. The zero-order valence-corrected chi connectivity index (χ0v) is 8.68. The Morgan fingerprint density at radius 2 is 2.27 bits per heavy atom. The fourth-order valence-electron chi connectivity index (χ4n) is 1.05. The van der Waals surface area contributed by atoms with E-state index < -0.39 is 11.8 Å². The summed E-state index contributed by atoms with van der Waals surface area (Å²) in [5, 5.41) is -0.0927. The van der Waals surface area contributed by atoms with Crippen LogP contribution in [0.25, 0.3) is 0 Å². The first-order valence-corrected chi connectivity index (χ1v) is 4.59. The van der Waals surface area contributed by atoms with Gasteiger partial charge in [-0.15, -0.1) is 0 Å². The van der Waals surface area contributed by atoms with Crippen molar-refractivity contribution in [3.63, 3.8) is 0 Å². The topological polar surface area (TPSA) is 43.4 Å². The summed E-state index contributed by atoms with van der Waals surface area (Å²) < 4.78 is 17.6. The molecule has 15 heavy (non-hydrogen) atoms. The molecule has 0 atom stereocenters. The van der Waals surface area contributed by atoms with E-state index in [9.17, 15) is 14.0 Å². The molecule has 0 spiro atoms. The molecule has 0 aliphatic heterocycles. The van der Waals surface area contributed by atoms with E-state index in [0.29, 0.717) is 6.29 Å². The molecule has 0 aliphatic rings. The second kappa shape index (κ2) is 4.89. The Balaban J connectivity index is 3.22. The van der Waals surface area contributed by atoms with Gasteiger partial charge in [0.1, 0.15) is 5.82 Å². The number of ether oxygens (including phenoxy) is 1. The number of esters is 1. The summed E-state index contributed by atoms with van der Waals surface area (Å²) in [6.07, 6.45) is 0.383. The van der Waals surface area contributed by atoms with Crippen molar-refractivity contribution in [2.45, 2.75) is 6.92 Å². The van der Waals surface area contributed by atoms with E-state index in [-0.39, 0.29) is 22.8 Å². The van der Waals surface area contributed by atoms with Crippen molar-refractivity contribution in [1.82, 2.24) is 0 Å². The maximum absolute atomic E-state index is 13.0. The second-order valence-electron chi connectivity index (χ2n) is 2.69. The third kappa shape index (κ3) is 2.53. The van der Waals surface area contributed by atoms with Crippen molar-refractivity contribution < 1.29 is 18.7 Å². The fraction of sp³-hybridized carbons (Fsp3) is 0.200. The molecule has 0 unspecified atom stereocenters. The van der Waals surface area contributed by atoms with Gasteiger partial charge in [-0.05, 0) is 19.1 Å². The summed E-state index contributed by atoms with van der Waals surface area (Å²) in [7, 11) is 0. The van der Waals surface area contributed by atoms with Crippen LogP contribution in [0, 0.1) is 5.82 Å². The molecular formula is C10H8ClFO3. The first-order valence-electron chi connectivity index (χ1n) is 4.21. The lowest BCUT2D eigenvalue weighted by molar-refractivity contribution is 0.0526. The van der Waals surface area contributed by atoms with E-state index in [1.54, 1.807) is 6.92 Å². The first-order chi connectivity index (χ1) is 7.10. The van der Waals surface area contributed by atoms with E-state index in [1.807, 2.05) is 0 Å². The Hall–Kier alpha value is -1.42. The van der Waals surface area contributed by atoms with E-state index in [4.69, 9.17) is 11.6 Å². The van der Waals surface area contributed by atoms with Crippen LogP contribution in [0.5, 0.6) is 0 Å². The van der Waals surface area contributed by atoms with Crippen molar-refractivity contribution in [2.75, 3.05) is 6.61 Å². The molecule has 0 saturated heterocycles. The van der Waals surface area contributed by atoms with Crippen LogP contribution in [0.3, 0.4) is 0 Å². The van der Waals surface area contributed by atoms with Crippen LogP contribution in [0.15, 0.2) is 12.1 Å². The van der Waals surface area contributed by atoms with Crippen LogP contribution in [0.1, 0.15) is 27.6 Å². The summed E-state index contributed by atoms with van der Waals surface area (Å²) in [5.41, 5.74) is -0.208. The Bertz CT molecular complexity index is 404. The van der Waals surface area contributed by atoms with E-state index in [1.165, 1.54) is 0 Å². The predicted molar refractivity (Wildman–Crippen MR) is 52.8 cm³/mol. The van der Waals surface area contributed by atoms with Gasteiger partial charge < -0.3 is 4.74 Å². The molecule has 0 saturated carbocycles. The van der Waals surface area contributed by atoms with Gasteiger partial charge >= 0.3 is 5.97 Å². The molecule has 1 rings (SSSR count). The van der Waals surface area contributed by atoms with Gasteiger partial charge in [0.25, 0.3) is 0 Å². The lowest BCUT2D eigenvalue weighted by atomic mass is 10.1. The average Bonchev–Trinajstić information content (AvgIpc) is 2.21. The van der Waals surface area contributed by atoms with Crippen LogP contribution in [-0.2, 0) is 4.74 Å². The van der Waals surface area contributed by atoms with Crippen molar-refractivity contribution >= 4 is 23.9 Å². The fourth-order valence-corrected chi connectivity index (χ4v) is 1.28. The molecule has 0 aromatic heterocycles. The number of rotatable bonds is 3. The summed E-state index contributed by atoms with van der Waals surface area (Å²) >= 11 is 5.71. The summed E-state index contributed by atoms with van der Waals surface area (Å²) in [5.74, 6) is -1.45. The molecule has 3 nitrogen and oxygen atoms in total. The van der Waals surface area contributed by atoms with Crippen LogP contribution < -0.4 is 0 Å². The number of hydrogen-bond acceptors (Lipinski definition) is 3. The molecule has 0 fully saturated rings. The highest BCUT2D eigenvalue weighted by Gasteiger charge is 2.16. The third-order valence-electron chi connectivity index (χ3n) is 1.69. The number of carbonyl (C=O) groups excluding carboxylic acids is 2. The molecule has 0 radical (unpaired) electrons. The molecular weight excluding hydrogens is 223 g/mol. The lowest BCUT2D eigenvalue weighted by Gasteiger charge is -2.05. The Morgan fingerprint density at radius 1 is 1.60 bits per heavy atom. The second-order valence-corrected chi connectivity index (χ2v) is 3.07. The Labute approximate surface area is 90.8 Å². The Kier molecular flexibility index (Phi) is 3.80. The van der Waals surface area contributed by atoms with Gasteiger partial charge in [0.15, 0.2) is 6.29 Å². The quantitative estimate of drug-likeness (QED) is 0.592. The number of aldehydes is 1. The van der Waals surface area contributed by atoms with Crippen molar-refractivity contribution in [3.05, 3.63) is 34.1 Å². The van der Waals surface area contributed by atoms with Gasteiger partial charge in [-0.3, -0.25) is 4.79 Å².